The standard InChI is InChI=1S/C35H38N10O7S2/c1-34(2,3)28-24(32-36-30(40-44(32)38-28)18-10-14-20(15-11-18)42-53(8,47)48)22-26(46)23(27(22)52-51-7)25-29(35(4,5)6)39-45-33(25)37-31(41-45)19-12-16-21(17-13-19)43-54(9,49)50/h10-17,42-43H,1-9H3,(H,36,40)/b25-23-. The van der Waals surface area contributed by atoms with Crippen molar-refractivity contribution >= 4 is 59.6 Å². The van der Waals surface area contributed by atoms with E-state index in [2.05, 4.69) is 24.6 Å². The van der Waals surface area contributed by atoms with Gasteiger partial charge in [0.2, 0.25) is 25.8 Å². The first kappa shape index (κ1) is 36.7. The zero-order chi connectivity index (χ0) is 39.1. The van der Waals surface area contributed by atoms with E-state index in [0.717, 1.165) is 12.5 Å². The number of hydrogen-bond acceptors (Lipinski definition) is 12. The van der Waals surface area contributed by atoms with Gasteiger partial charge in [0.1, 0.15) is 0 Å². The van der Waals surface area contributed by atoms with Crippen molar-refractivity contribution in [1.29, 1.82) is 0 Å². The van der Waals surface area contributed by atoms with Crippen LogP contribution in [-0.4, -0.2) is 81.9 Å². The van der Waals surface area contributed by atoms with E-state index >= 15 is 0 Å². The third-order valence-corrected chi connectivity index (χ3v) is 9.66. The van der Waals surface area contributed by atoms with Crippen LogP contribution in [0.2, 0.25) is 0 Å². The van der Waals surface area contributed by atoms with E-state index in [-0.39, 0.29) is 22.7 Å². The highest BCUT2D eigenvalue weighted by molar-refractivity contribution is 7.92. The van der Waals surface area contributed by atoms with Gasteiger partial charge < -0.3 is 9.87 Å². The lowest BCUT2D eigenvalue weighted by Crippen LogP contribution is -2.33. The third-order valence-electron chi connectivity index (χ3n) is 8.45. The lowest BCUT2D eigenvalue weighted by Gasteiger charge is -2.26. The van der Waals surface area contributed by atoms with Crippen LogP contribution in [-0.2, 0) is 45.4 Å². The van der Waals surface area contributed by atoms with Crippen LogP contribution in [0.1, 0.15) is 58.5 Å². The Labute approximate surface area is 310 Å². The fraction of sp³-hybridized carbons (Fsp3) is 0.314. The molecule has 2 aromatic carbocycles. The summed E-state index contributed by atoms with van der Waals surface area (Å²) < 4.78 is 54.5. The van der Waals surface area contributed by atoms with Gasteiger partial charge in [-0.05, 0) is 48.5 Å². The molecular weight excluding hydrogens is 737 g/mol. The normalized spacial score (nSPS) is 15.3. The molecule has 0 unspecified atom stereocenters. The number of aromatic nitrogens is 8. The Balaban J connectivity index is 1.41. The second kappa shape index (κ2) is 12.5. The largest absolute Gasteiger partial charge is 0.336 e. The second-order valence-corrected chi connectivity index (χ2v) is 18.6. The Kier molecular flexibility index (Phi) is 8.46. The predicted molar refractivity (Wildman–Crippen MR) is 202 cm³/mol. The Hall–Kier alpha value is -5.66. The van der Waals surface area contributed by atoms with E-state index in [1.54, 1.807) is 48.5 Å². The van der Waals surface area contributed by atoms with Crippen molar-refractivity contribution < 1.29 is 31.4 Å². The lowest BCUT2D eigenvalue weighted by atomic mass is 9.77. The molecule has 19 heteroatoms. The van der Waals surface area contributed by atoms with Crippen LogP contribution in [0, 0.1) is 0 Å². The minimum Gasteiger partial charge on any atom is -0.336 e. The van der Waals surface area contributed by atoms with Crippen molar-refractivity contribution in [3.05, 3.63) is 76.5 Å². The molecule has 0 radical (unpaired) electrons. The summed E-state index contributed by atoms with van der Waals surface area (Å²) in [7, 11) is -5.57. The number of fused-ring (bicyclic) bond motifs is 2. The number of rotatable bonds is 9. The molecule has 7 rings (SSSR count). The van der Waals surface area contributed by atoms with Gasteiger partial charge >= 0.3 is 0 Å². The second-order valence-electron chi connectivity index (χ2n) is 15.1. The number of sulfonamides is 2. The SMILES string of the molecule is COOC1=C(c2c(C(C)(C)C)nn3nc(-c4ccc(NS(C)(=O)=O)cc4)[nH]c23)C(=O)/C1=c1\c(C(C)(C)C)nn2nc(-c3ccc(NS(C)(=O)=O)cc3)nc12. The summed E-state index contributed by atoms with van der Waals surface area (Å²) in [5.74, 6) is 0.561. The molecule has 17 nitrogen and oxygen atoms in total. The molecule has 282 valence electrons. The fourth-order valence-corrected chi connectivity index (χ4v) is 7.33. The summed E-state index contributed by atoms with van der Waals surface area (Å²) in [6, 6.07) is 13.2. The molecule has 0 saturated heterocycles. The number of carbonyl (C=O) groups excluding carboxylic acids is 1. The van der Waals surface area contributed by atoms with E-state index in [9.17, 15) is 21.6 Å². The van der Waals surface area contributed by atoms with E-state index in [0.29, 0.717) is 67.6 Å². The minimum absolute atomic E-state index is 0.163. The monoisotopic (exact) mass is 774 g/mol. The quantitative estimate of drug-likeness (QED) is 0.142. The number of anilines is 2. The van der Waals surface area contributed by atoms with Crippen molar-refractivity contribution in [2.75, 3.05) is 29.1 Å². The van der Waals surface area contributed by atoms with Crippen LogP contribution < -0.4 is 14.7 Å². The van der Waals surface area contributed by atoms with E-state index in [4.69, 9.17) is 25.0 Å². The molecule has 0 spiro atoms. The molecule has 4 aromatic heterocycles. The minimum atomic E-state index is -3.46. The molecule has 1 aliphatic rings. The van der Waals surface area contributed by atoms with Gasteiger partial charge in [0.25, 0.3) is 0 Å². The van der Waals surface area contributed by atoms with Gasteiger partial charge in [-0.1, -0.05) is 41.5 Å². The van der Waals surface area contributed by atoms with Gasteiger partial charge in [0.15, 0.2) is 28.7 Å². The predicted octanol–water partition coefficient (Wildman–Crippen LogP) is 3.61. The summed E-state index contributed by atoms with van der Waals surface area (Å²) >= 11 is 0. The number of Topliss-reactive ketones (excluding diaryl/α,β-unsaturated/α-hetero) is 1. The van der Waals surface area contributed by atoms with Crippen molar-refractivity contribution in [3.63, 3.8) is 0 Å². The zero-order valence-corrected chi connectivity index (χ0v) is 32.6. The number of carbonyl (C=O) groups is 1. The summed E-state index contributed by atoms with van der Waals surface area (Å²) in [4.78, 5) is 33.8. The Morgan fingerprint density at radius 3 is 1.76 bits per heavy atom. The Morgan fingerprint density at radius 1 is 0.704 bits per heavy atom. The summed E-state index contributed by atoms with van der Waals surface area (Å²) in [6.07, 6.45) is 2.15. The van der Waals surface area contributed by atoms with Gasteiger partial charge in [0.05, 0.1) is 52.9 Å². The fourth-order valence-electron chi connectivity index (χ4n) is 6.20. The number of benzene rings is 2. The van der Waals surface area contributed by atoms with Gasteiger partial charge in [-0.3, -0.25) is 14.2 Å². The van der Waals surface area contributed by atoms with Gasteiger partial charge in [0, 0.05) is 33.3 Å². The Bertz CT molecular complexity index is 2800. The molecule has 1 aliphatic carbocycles. The zero-order valence-electron chi connectivity index (χ0n) is 30.9. The first-order chi connectivity index (χ1) is 25.1. The summed E-state index contributed by atoms with van der Waals surface area (Å²) in [5, 5.41) is 19.3. The van der Waals surface area contributed by atoms with Crippen LogP contribution >= 0.6 is 0 Å². The molecule has 0 amide bonds. The number of hydrogen-bond donors (Lipinski definition) is 3. The maximum absolute atomic E-state index is 14.6. The molecule has 6 aromatic rings. The number of nitrogens with one attached hydrogen (secondary N) is 3. The summed E-state index contributed by atoms with van der Waals surface area (Å²) in [6.45, 7) is 11.8. The highest BCUT2D eigenvalue weighted by Crippen LogP contribution is 2.45. The molecule has 4 heterocycles. The first-order valence-corrected chi connectivity index (χ1v) is 20.4. The van der Waals surface area contributed by atoms with E-state index in [1.807, 2.05) is 41.5 Å². The molecule has 0 atom stereocenters. The molecular formula is C35H38N10O7S2. The van der Waals surface area contributed by atoms with Crippen LogP contribution in [0.4, 0.5) is 11.4 Å². The highest BCUT2D eigenvalue weighted by atomic mass is 32.2. The van der Waals surface area contributed by atoms with Crippen molar-refractivity contribution in [2.45, 2.75) is 52.4 Å². The average molecular weight is 775 g/mol. The topological polar surface area (TPSA) is 217 Å². The molecule has 0 saturated carbocycles. The van der Waals surface area contributed by atoms with Crippen molar-refractivity contribution in [2.24, 2.45) is 0 Å². The highest BCUT2D eigenvalue weighted by Gasteiger charge is 2.45. The maximum Gasteiger partial charge on any atom is 0.229 e. The van der Waals surface area contributed by atoms with E-state index < -0.39 is 30.9 Å². The van der Waals surface area contributed by atoms with Gasteiger partial charge in [-0.15, -0.1) is 19.5 Å². The number of nitrogens with zero attached hydrogens (tertiary/aromatic N) is 7. The number of allylic oxidation sites excluding steroid dienone is 2. The van der Waals surface area contributed by atoms with Crippen molar-refractivity contribution in [1.82, 2.24) is 39.6 Å². The third kappa shape index (κ3) is 6.69. The molecule has 0 fully saturated rings. The van der Waals surface area contributed by atoms with Gasteiger partial charge in [-0.2, -0.15) is 15.1 Å². The number of ketones is 1. The Morgan fingerprint density at radius 2 is 1.24 bits per heavy atom. The van der Waals surface area contributed by atoms with E-state index in [1.165, 1.54) is 16.4 Å². The number of H-pyrrole nitrogens is 1. The van der Waals surface area contributed by atoms with Crippen LogP contribution in [0.15, 0.2) is 54.3 Å². The van der Waals surface area contributed by atoms with Gasteiger partial charge in [-0.25, -0.2) is 21.8 Å². The summed E-state index contributed by atoms with van der Waals surface area (Å²) in [5.41, 5.74) is 3.77. The average Bonchev–Trinajstić information content (AvgIpc) is 3.81. The van der Waals surface area contributed by atoms with Crippen LogP contribution in [0.25, 0.3) is 45.2 Å². The maximum atomic E-state index is 14.6. The number of aromatic amines is 1. The molecule has 3 N–H and O–H groups in total. The molecule has 0 aliphatic heterocycles. The lowest BCUT2D eigenvalue weighted by molar-refractivity contribution is -0.232. The first-order valence-electron chi connectivity index (χ1n) is 16.6. The molecule has 0 bridgehead atoms. The smallest absolute Gasteiger partial charge is 0.229 e. The van der Waals surface area contributed by atoms with Crippen LogP contribution in [0.3, 0.4) is 0 Å². The van der Waals surface area contributed by atoms with Crippen LogP contribution in [0.5, 0.6) is 0 Å². The van der Waals surface area contributed by atoms with Crippen molar-refractivity contribution in [3.8, 4) is 22.8 Å². The molecule has 54 heavy (non-hydrogen) atoms.